The second-order valence-corrected chi connectivity index (χ2v) is 5.60. The van der Waals surface area contributed by atoms with Crippen LogP contribution in [-0.2, 0) is 9.53 Å². The van der Waals surface area contributed by atoms with E-state index in [2.05, 4.69) is 5.32 Å². The summed E-state index contributed by atoms with van der Waals surface area (Å²) in [6.45, 7) is 1.59. The number of urea groups is 1. The van der Waals surface area contributed by atoms with Crippen LogP contribution in [0.2, 0.25) is 0 Å². The molecule has 2 fully saturated rings. The van der Waals surface area contributed by atoms with Crippen molar-refractivity contribution in [2.45, 2.75) is 57.1 Å². The summed E-state index contributed by atoms with van der Waals surface area (Å²) < 4.78 is 5.62. The van der Waals surface area contributed by atoms with Crippen molar-refractivity contribution in [1.82, 2.24) is 10.2 Å². The second-order valence-electron chi connectivity index (χ2n) is 5.60. The fourth-order valence-electron chi connectivity index (χ4n) is 3.00. The van der Waals surface area contributed by atoms with E-state index in [1.165, 1.54) is 0 Å². The van der Waals surface area contributed by atoms with Crippen LogP contribution in [0.15, 0.2) is 0 Å². The number of hydrogen-bond donors (Lipinski definition) is 2. The maximum Gasteiger partial charge on any atom is 0.317 e. The van der Waals surface area contributed by atoms with Crippen molar-refractivity contribution >= 4 is 12.0 Å². The predicted molar refractivity (Wildman–Crippen MR) is 73.6 cm³/mol. The van der Waals surface area contributed by atoms with Crippen LogP contribution >= 0.6 is 0 Å². The molecule has 1 unspecified atom stereocenters. The van der Waals surface area contributed by atoms with Gasteiger partial charge in [0, 0.05) is 25.7 Å². The average Bonchev–Trinajstić information content (AvgIpc) is 3.08. The molecule has 6 heteroatoms. The molecule has 2 aliphatic rings. The van der Waals surface area contributed by atoms with Crippen LogP contribution in [0.4, 0.5) is 4.79 Å². The molecule has 2 rings (SSSR count). The van der Waals surface area contributed by atoms with E-state index in [1.807, 2.05) is 4.90 Å². The van der Waals surface area contributed by atoms with Gasteiger partial charge in [0.15, 0.2) is 0 Å². The van der Waals surface area contributed by atoms with Crippen molar-refractivity contribution < 1.29 is 19.4 Å². The average molecular weight is 284 g/mol. The van der Waals surface area contributed by atoms with Gasteiger partial charge in [-0.2, -0.15) is 0 Å². The van der Waals surface area contributed by atoms with Crippen LogP contribution in [0.25, 0.3) is 0 Å². The molecular weight excluding hydrogens is 260 g/mol. The Labute approximate surface area is 119 Å². The number of carboxylic acid groups (broad SMARTS) is 1. The molecule has 0 spiro atoms. The molecule has 1 saturated carbocycles. The SMILES string of the molecule is O=C(O)CCNC(=O)N(CC1CCCO1)C1CCCC1. The zero-order valence-corrected chi connectivity index (χ0v) is 11.8. The summed E-state index contributed by atoms with van der Waals surface area (Å²) in [4.78, 5) is 24.6. The first-order valence-corrected chi connectivity index (χ1v) is 7.54. The number of carbonyl (C=O) groups excluding carboxylic acids is 1. The summed E-state index contributed by atoms with van der Waals surface area (Å²) >= 11 is 0. The third-order valence-corrected chi connectivity index (χ3v) is 4.07. The Morgan fingerprint density at radius 2 is 1.95 bits per heavy atom. The molecule has 1 aliphatic carbocycles. The quantitative estimate of drug-likeness (QED) is 0.776. The smallest absolute Gasteiger partial charge is 0.317 e. The van der Waals surface area contributed by atoms with Crippen molar-refractivity contribution in [3.63, 3.8) is 0 Å². The largest absolute Gasteiger partial charge is 0.481 e. The topological polar surface area (TPSA) is 78.9 Å². The van der Waals surface area contributed by atoms with E-state index in [0.29, 0.717) is 6.54 Å². The lowest BCUT2D eigenvalue weighted by molar-refractivity contribution is -0.136. The molecule has 1 saturated heterocycles. The van der Waals surface area contributed by atoms with E-state index >= 15 is 0 Å². The number of ether oxygens (including phenoxy) is 1. The molecule has 20 heavy (non-hydrogen) atoms. The van der Waals surface area contributed by atoms with Crippen LogP contribution in [0.1, 0.15) is 44.9 Å². The molecule has 1 atom stereocenters. The van der Waals surface area contributed by atoms with Crippen molar-refractivity contribution in [2.24, 2.45) is 0 Å². The van der Waals surface area contributed by atoms with Crippen molar-refractivity contribution in [3.05, 3.63) is 0 Å². The van der Waals surface area contributed by atoms with Gasteiger partial charge in [0.1, 0.15) is 0 Å². The van der Waals surface area contributed by atoms with Gasteiger partial charge < -0.3 is 20.1 Å². The van der Waals surface area contributed by atoms with Crippen molar-refractivity contribution in [2.75, 3.05) is 19.7 Å². The number of aliphatic carboxylic acids is 1. The number of carbonyl (C=O) groups is 2. The predicted octanol–water partition coefficient (Wildman–Crippen LogP) is 1.59. The van der Waals surface area contributed by atoms with Crippen LogP contribution in [0, 0.1) is 0 Å². The van der Waals surface area contributed by atoms with Crippen LogP contribution in [-0.4, -0.2) is 53.8 Å². The summed E-state index contributed by atoms with van der Waals surface area (Å²) in [5.41, 5.74) is 0. The van der Waals surface area contributed by atoms with Gasteiger partial charge in [-0.3, -0.25) is 4.79 Å². The molecule has 0 aromatic carbocycles. The number of carboxylic acids is 1. The Balaban J connectivity index is 1.86. The first kappa shape index (κ1) is 15.1. The molecule has 1 aliphatic heterocycles. The lowest BCUT2D eigenvalue weighted by atomic mass is 10.1. The van der Waals surface area contributed by atoms with Crippen molar-refractivity contribution in [1.29, 1.82) is 0 Å². The van der Waals surface area contributed by atoms with Gasteiger partial charge in [0.2, 0.25) is 0 Å². The zero-order valence-electron chi connectivity index (χ0n) is 11.8. The minimum atomic E-state index is -0.892. The standard InChI is InChI=1S/C14H24N2O4/c17-13(18)7-8-15-14(19)16(11-4-1-2-5-11)10-12-6-3-9-20-12/h11-12H,1-10H2,(H,15,19)(H,17,18). The Morgan fingerprint density at radius 3 is 2.55 bits per heavy atom. The molecule has 0 aromatic rings. The molecule has 6 nitrogen and oxygen atoms in total. The highest BCUT2D eigenvalue weighted by atomic mass is 16.5. The summed E-state index contributed by atoms with van der Waals surface area (Å²) in [5, 5.41) is 11.3. The van der Waals surface area contributed by atoms with Gasteiger partial charge in [0.25, 0.3) is 0 Å². The molecule has 0 aromatic heterocycles. The second kappa shape index (κ2) is 7.47. The normalized spacial score (nSPS) is 22.9. The molecule has 1 heterocycles. The summed E-state index contributed by atoms with van der Waals surface area (Å²) in [7, 11) is 0. The first-order chi connectivity index (χ1) is 9.66. The Morgan fingerprint density at radius 1 is 1.20 bits per heavy atom. The highest BCUT2D eigenvalue weighted by molar-refractivity contribution is 5.75. The molecular formula is C14H24N2O4. The van der Waals surface area contributed by atoms with E-state index < -0.39 is 5.97 Å². The Bertz CT molecular complexity index is 336. The van der Waals surface area contributed by atoms with E-state index in [9.17, 15) is 9.59 Å². The van der Waals surface area contributed by atoms with Crippen LogP contribution in [0.3, 0.4) is 0 Å². The first-order valence-electron chi connectivity index (χ1n) is 7.54. The monoisotopic (exact) mass is 284 g/mol. The number of hydrogen-bond acceptors (Lipinski definition) is 3. The van der Waals surface area contributed by atoms with Gasteiger partial charge in [-0.05, 0) is 25.7 Å². The maximum absolute atomic E-state index is 12.3. The highest BCUT2D eigenvalue weighted by Gasteiger charge is 2.30. The zero-order chi connectivity index (χ0) is 14.4. The van der Waals surface area contributed by atoms with Gasteiger partial charge >= 0.3 is 12.0 Å². The van der Waals surface area contributed by atoms with Crippen LogP contribution in [0.5, 0.6) is 0 Å². The Kier molecular flexibility index (Phi) is 5.64. The molecule has 0 bridgehead atoms. The van der Waals surface area contributed by atoms with Crippen molar-refractivity contribution in [3.8, 4) is 0 Å². The molecule has 2 N–H and O–H groups in total. The van der Waals surface area contributed by atoms with Gasteiger partial charge in [-0.1, -0.05) is 12.8 Å². The lowest BCUT2D eigenvalue weighted by Crippen LogP contribution is -2.48. The molecule has 0 radical (unpaired) electrons. The van der Waals surface area contributed by atoms with Gasteiger partial charge in [-0.15, -0.1) is 0 Å². The van der Waals surface area contributed by atoms with E-state index in [4.69, 9.17) is 9.84 Å². The number of amides is 2. The van der Waals surface area contributed by atoms with Gasteiger partial charge in [0.05, 0.1) is 12.5 Å². The van der Waals surface area contributed by atoms with E-state index in [1.54, 1.807) is 0 Å². The van der Waals surface area contributed by atoms with Crippen LogP contribution < -0.4 is 5.32 Å². The maximum atomic E-state index is 12.3. The number of rotatable bonds is 6. The molecule has 2 amide bonds. The summed E-state index contributed by atoms with van der Waals surface area (Å²) in [5.74, 6) is -0.892. The fraction of sp³-hybridized carbons (Fsp3) is 0.857. The summed E-state index contributed by atoms with van der Waals surface area (Å²) in [6.07, 6.45) is 6.57. The number of nitrogens with one attached hydrogen (secondary N) is 1. The van der Waals surface area contributed by atoms with Gasteiger partial charge in [-0.25, -0.2) is 4.79 Å². The highest BCUT2D eigenvalue weighted by Crippen LogP contribution is 2.25. The number of nitrogens with zero attached hydrogens (tertiary/aromatic N) is 1. The summed E-state index contributed by atoms with van der Waals surface area (Å²) in [6, 6.07) is 0.137. The third-order valence-electron chi connectivity index (χ3n) is 4.07. The molecule has 114 valence electrons. The lowest BCUT2D eigenvalue weighted by Gasteiger charge is -2.31. The van der Waals surface area contributed by atoms with E-state index in [0.717, 1.165) is 45.1 Å². The fourth-order valence-corrected chi connectivity index (χ4v) is 3.00. The minimum Gasteiger partial charge on any atom is -0.481 e. The minimum absolute atomic E-state index is 0.0375. The Hall–Kier alpha value is -1.30. The van der Waals surface area contributed by atoms with E-state index in [-0.39, 0.29) is 31.1 Å². The third kappa shape index (κ3) is 4.37.